The Balaban J connectivity index is 2.85. The number of alkyl halides is 1. The third-order valence-electron chi connectivity index (χ3n) is 2.15. The largest absolute Gasteiger partial charge is 0.299 e. The normalized spacial score (nSPS) is 12.6. The Kier molecular flexibility index (Phi) is 4.57. The van der Waals surface area contributed by atoms with E-state index in [4.69, 9.17) is 0 Å². The van der Waals surface area contributed by atoms with E-state index in [-0.39, 0.29) is 10.6 Å². The van der Waals surface area contributed by atoms with Crippen LogP contribution in [0.15, 0.2) is 18.2 Å². The second-order valence-electron chi connectivity index (χ2n) is 3.35. The summed E-state index contributed by atoms with van der Waals surface area (Å²) in [5.74, 6) is 0.184. The number of ketones is 1. The van der Waals surface area contributed by atoms with E-state index in [9.17, 15) is 4.79 Å². The standard InChI is InChI=1S/C11H12BrIO/c1-7-3-4-10(13)5-9(7)6-11(12)8(2)14/h3-5,11H,6H2,1-2H3. The first-order valence-electron chi connectivity index (χ1n) is 4.40. The monoisotopic (exact) mass is 366 g/mol. The summed E-state index contributed by atoms with van der Waals surface area (Å²) in [6, 6.07) is 6.31. The summed E-state index contributed by atoms with van der Waals surface area (Å²) >= 11 is 5.67. The van der Waals surface area contributed by atoms with Gasteiger partial charge in [0.2, 0.25) is 0 Å². The zero-order valence-electron chi connectivity index (χ0n) is 8.18. The van der Waals surface area contributed by atoms with E-state index in [0.717, 1.165) is 6.42 Å². The minimum atomic E-state index is -0.0561. The molecule has 0 fully saturated rings. The van der Waals surface area contributed by atoms with Crippen LogP contribution in [0.3, 0.4) is 0 Å². The van der Waals surface area contributed by atoms with Gasteiger partial charge in [-0.25, -0.2) is 0 Å². The molecule has 1 rings (SSSR count). The number of benzene rings is 1. The molecule has 76 valence electrons. The predicted octanol–water partition coefficient (Wildman–Crippen LogP) is 3.49. The van der Waals surface area contributed by atoms with Gasteiger partial charge in [0.1, 0.15) is 5.78 Å². The van der Waals surface area contributed by atoms with Crippen LogP contribution in [-0.4, -0.2) is 10.6 Å². The molecule has 0 radical (unpaired) electrons. The fourth-order valence-electron chi connectivity index (χ4n) is 1.20. The number of hydrogen-bond acceptors (Lipinski definition) is 1. The first-order chi connectivity index (χ1) is 6.50. The highest BCUT2D eigenvalue weighted by Crippen LogP contribution is 2.17. The average molecular weight is 367 g/mol. The maximum atomic E-state index is 11.1. The quantitative estimate of drug-likeness (QED) is 0.591. The number of carbonyl (C=O) groups excluding carboxylic acids is 1. The van der Waals surface area contributed by atoms with Crippen molar-refractivity contribution in [1.29, 1.82) is 0 Å². The highest BCUT2D eigenvalue weighted by molar-refractivity contribution is 14.1. The van der Waals surface area contributed by atoms with Gasteiger partial charge in [-0.2, -0.15) is 0 Å². The molecule has 0 aliphatic carbocycles. The van der Waals surface area contributed by atoms with Crippen LogP contribution >= 0.6 is 38.5 Å². The Morgan fingerprint density at radius 2 is 2.21 bits per heavy atom. The minimum Gasteiger partial charge on any atom is -0.299 e. The van der Waals surface area contributed by atoms with Gasteiger partial charge in [0.05, 0.1) is 4.83 Å². The van der Waals surface area contributed by atoms with Gasteiger partial charge in [-0.15, -0.1) is 0 Å². The summed E-state index contributed by atoms with van der Waals surface area (Å²) in [6.45, 7) is 3.69. The molecule has 1 aromatic rings. The lowest BCUT2D eigenvalue weighted by molar-refractivity contribution is -0.116. The van der Waals surface area contributed by atoms with E-state index in [2.05, 4.69) is 63.6 Å². The van der Waals surface area contributed by atoms with Crippen molar-refractivity contribution in [3.63, 3.8) is 0 Å². The maximum Gasteiger partial charge on any atom is 0.143 e. The summed E-state index contributed by atoms with van der Waals surface area (Å²) in [7, 11) is 0. The molecule has 1 atom stereocenters. The molecule has 0 bridgehead atoms. The van der Waals surface area contributed by atoms with E-state index >= 15 is 0 Å². The zero-order chi connectivity index (χ0) is 10.7. The number of carbonyl (C=O) groups is 1. The highest BCUT2D eigenvalue weighted by Gasteiger charge is 2.11. The molecular weight excluding hydrogens is 355 g/mol. The molecule has 1 aromatic carbocycles. The predicted molar refractivity (Wildman–Crippen MR) is 71.0 cm³/mol. The van der Waals surface area contributed by atoms with Gasteiger partial charge in [0.25, 0.3) is 0 Å². The molecule has 0 aliphatic rings. The molecule has 0 saturated carbocycles. The summed E-state index contributed by atoms with van der Waals surface area (Å²) < 4.78 is 1.21. The van der Waals surface area contributed by atoms with Crippen LogP contribution in [0.25, 0.3) is 0 Å². The Morgan fingerprint density at radius 3 is 2.79 bits per heavy atom. The van der Waals surface area contributed by atoms with Gasteiger partial charge in [0.15, 0.2) is 0 Å². The Morgan fingerprint density at radius 1 is 1.57 bits per heavy atom. The Bertz CT molecular complexity index is 349. The SMILES string of the molecule is CC(=O)C(Br)Cc1cc(I)ccc1C. The summed E-state index contributed by atoms with van der Waals surface area (Å²) in [4.78, 5) is 11.0. The lowest BCUT2D eigenvalue weighted by Crippen LogP contribution is -2.13. The van der Waals surface area contributed by atoms with Crippen molar-refractivity contribution in [2.75, 3.05) is 0 Å². The smallest absolute Gasteiger partial charge is 0.143 e. The number of hydrogen-bond donors (Lipinski definition) is 0. The number of Topliss-reactive ketones (excluding diaryl/α,β-unsaturated/α-hetero) is 1. The number of aryl methyl sites for hydroxylation is 1. The first kappa shape index (κ1) is 12.2. The van der Waals surface area contributed by atoms with Crippen LogP contribution in [0.1, 0.15) is 18.1 Å². The molecule has 0 N–H and O–H groups in total. The van der Waals surface area contributed by atoms with Gasteiger partial charge in [0, 0.05) is 3.57 Å². The Hall–Kier alpha value is 0.1000. The van der Waals surface area contributed by atoms with Crippen molar-refractivity contribution in [3.8, 4) is 0 Å². The summed E-state index contributed by atoms with van der Waals surface area (Å²) in [5, 5.41) is 0. The molecule has 0 aliphatic heterocycles. The van der Waals surface area contributed by atoms with Crippen molar-refractivity contribution >= 4 is 44.3 Å². The van der Waals surface area contributed by atoms with Gasteiger partial charge in [-0.05, 0) is 66.1 Å². The molecule has 0 spiro atoms. The average Bonchev–Trinajstić information content (AvgIpc) is 2.11. The third-order valence-corrected chi connectivity index (χ3v) is 3.79. The van der Waals surface area contributed by atoms with Crippen LogP contribution in [0.4, 0.5) is 0 Å². The molecular formula is C11H12BrIO. The van der Waals surface area contributed by atoms with Crippen molar-refractivity contribution in [3.05, 3.63) is 32.9 Å². The summed E-state index contributed by atoms with van der Waals surface area (Å²) in [6.07, 6.45) is 0.776. The van der Waals surface area contributed by atoms with Crippen molar-refractivity contribution in [1.82, 2.24) is 0 Å². The molecule has 1 nitrogen and oxygen atoms in total. The molecule has 3 heteroatoms. The van der Waals surface area contributed by atoms with Gasteiger partial charge in [-0.1, -0.05) is 22.0 Å². The molecule has 1 unspecified atom stereocenters. The number of rotatable bonds is 3. The minimum absolute atomic E-state index is 0.0561. The summed E-state index contributed by atoms with van der Waals surface area (Å²) in [5.41, 5.74) is 2.49. The van der Waals surface area contributed by atoms with Crippen LogP contribution in [0, 0.1) is 10.5 Å². The fraction of sp³-hybridized carbons (Fsp3) is 0.364. The highest BCUT2D eigenvalue weighted by atomic mass is 127. The van der Waals surface area contributed by atoms with E-state index in [0.29, 0.717) is 0 Å². The molecule has 0 amide bonds. The van der Waals surface area contributed by atoms with Crippen LogP contribution in [-0.2, 0) is 11.2 Å². The van der Waals surface area contributed by atoms with Crippen LogP contribution < -0.4 is 0 Å². The van der Waals surface area contributed by atoms with Crippen molar-refractivity contribution in [2.24, 2.45) is 0 Å². The second-order valence-corrected chi connectivity index (χ2v) is 5.70. The first-order valence-corrected chi connectivity index (χ1v) is 6.39. The van der Waals surface area contributed by atoms with Crippen molar-refractivity contribution < 1.29 is 4.79 Å². The maximum absolute atomic E-state index is 11.1. The zero-order valence-corrected chi connectivity index (χ0v) is 11.9. The second kappa shape index (κ2) is 5.26. The third kappa shape index (κ3) is 3.35. The van der Waals surface area contributed by atoms with Gasteiger partial charge >= 0.3 is 0 Å². The van der Waals surface area contributed by atoms with Crippen LogP contribution in [0.2, 0.25) is 0 Å². The van der Waals surface area contributed by atoms with E-state index < -0.39 is 0 Å². The molecule has 0 saturated heterocycles. The fourth-order valence-corrected chi connectivity index (χ4v) is 2.10. The Labute approximate surface area is 107 Å². The topological polar surface area (TPSA) is 17.1 Å². The van der Waals surface area contributed by atoms with Crippen molar-refractivity contribution in [2.45, 2.75) is 25.1 Å². The molecule has 0 heterocycles. The van der Waals surface area contributed by atoms with E-state index in [1.807, 2.05) is 0 Å². The van der Waals surface area contributed by atoms with Crippen LogP contribution in [0.5, 0.6) is 0 Å². The number of halogens is 2. The van der Waals surface area contributed by atoms with Gasteiger partial charge in [-0.3, -0.25) is 4.79 Å². The van der Waals surface area contributed by atoms with E-state index in [1.54, 1.807) is 6.92 Å². The molecule has 0 aromatic heterocycles. The van der Waals surface area contributed by atoms with E-state index in [1.165, 1.54) is 14.7 Å². The lowest BCUT2D eigenvalue weighted by Gasteiger charge is -2.09. The lowest BCUT2D eigenvalue weighted by atomic mass is 10.0. The molecule has 14 heavy (non-hydrogen) atoms. The van der Waals surface area contributed by atoms with Gasteiger partial charge < -0.3 is 0 Å².